The summed E-state index contributed by atoms with van der Waals surface area (Å²) in [5.41, 5.74) is 0.906. The first-order chi connectivity index (χ1) is 7.18. The first-order valence-corrected chi connectivity index (χ1v) is 5.20. The van der Waals surface area contributed by atoms with Crippen molar-refractivity contribution < 1.29 is 13.5 Å². The maximum atomic E-state index is 11.6. The van der Waals surface area contributed by atoms with Gasteiger partial charge in [-0.05, 0) is 24.6 Å². The molecular formula is C12H20F2O. The summed E-state index contributed by atoms with van der Waals surface area (Å²) in [6, 6.07) is 6.55. The Morgan fingerprint density at radius 2 is 1.60 bits per heavy atom. The van der Waals surface area contributed by atoms with Crippen LogP contribution in [0.5, 0.6) is 5.75 Å². The van der Waals surface area contributed by atoms with Crippen LogP contribution < -0.4 is 4.74 Å². The lowest BCUT2D eigenvalue weighted by Crippen LogP contribution is -2.01. The minimum absolute atomic E-state index is 0.208. The van der Waals surface area contributed by atoms with Crippen LogP contribution in [0.1, 0.15) is 33.3 Å². The van der Waals surface area contributed by atoms with Gasteiger partial charge in [-0.1, -0.05) is 39.8 Å². The summed E-state index contributed by atoms with van der Waals surface area (Å²) in [6.07, 6.45) is 0. The van der Waals surface area contributed by atoms with E-state index in [2.05, 4.69) is 4.74 Å². The molecule has 0 bridgehead atoms. The summed E-state index contributed by atoms with van der Waals surface area (Å²) >= 11 is 0. The van der Waals surface area contributed by atoms with Crippen molar-refractivity contribution in [2.45, 2.75) is 41.2 Å². The summed E-state index contributed by atoms with van der Waals surface area (Å²) in [4.78, 5) is 0. The maximum Gasteiger partial charge on any atom is 0.387 e. The molecule has 88 valence electrons. The number of hydrogen-bond donors (Lipinski definition) is 0. The van der Waals surface area contributed by atoms with Gasteiger partial charge >= 0.3 is 6.61 Å². The van der Waals surface area contributed by atoms with Crippen molar-refractivity contribution in [3.63, 3.8) is 0 Å². The molecule has 1 aromatic rings. The highest BCUT2D eigenvalue weighted by atomic mass is 19.3. The highest BCUT2D eigenvalue weighted by Gasteiger charge is 2.02. The Morgan fingerprint density at radius 3 is 2.00 bits per heavy atom. The molecule has 3 heteroatoms. The molecule has 0 unspecified atom stereocenters. The van der Waals surface area contributed by atoms with Crippen molar-refractivity contribution in [2.75, 3.05) is 0 Å². The van der Waals surface area contributed by atoms with Gasteiger partial charge in [0.05, 0.1) is 0 Å². The molecule has 0 radical (unpaired) electrons. The van der Waals surface area contributed by atoms with Crippen LogP contribution in [0.25, 0.3) is 0 Å². The van der Waals surface area contributed by atoms with E-state index in [-0.39, 0.29) is 5.75 Å². The number of aryl methyl sites for hydroxylation is 1. The van der Waals surface area contributed by atoms with Crippen LogP contribution in [0.2, 0.25) is 0 Å². The number of hydrogen-bond acceptors (Lipinski definition) is 1. The third kappa shape index (κ3) is 9.19. The lowest BCUT2D eigenvalue weighted by atomic mass is 10.2. The first kappa shape index (κ1) is 16.3. The number of rotatable bonds is 2. The zero-order valence-electron chi connectivity index (χ0n) is 10.1. The molecule has 0 saturated carbocycles. The average molecular weight is 218 g/mol. The topological polar surface area (TPSA) is 9.23 Å². The molecule has 0 aliphatic heterocycles. The van der Waals surface area contributed by atoms with E-state index in [1.165, 1.54) is 6.07 Å². The Balaban J connectivity index is 0. The molecule has 0 atom stereocenters. The zero-order valence-corrected chi connectivity index (χ0v) is 10.1. The van der Waals surface area contributed by atoms with E-state index >= 15 is 0 Å². The first-order valence-electron chi connectivity index (χ1n) is 5.20. The molecule has 0 heterocycles. The Bertz CT molecular complexity index is 237. The third-order valence-corrected chi connectivity index (χ3v) is 1.21. The normalized spacial score (nSPS) is 8.27. The predicted molar refractivity (Wildman–Crippen MR) is 60.5 cm³/mol. The largest absolute Gasteiger partial charge is 0.435 e. The molecule has 0 saturated heterocycles. The standard InChI is InChI=1S/C8H8F2O.2C2H6/c1-6-3-2-4-7(5-6)11-8(9)10;2*1-2/h2-5,8H,1H3;2*1-2H3. The number of alkyl halides is 2. The van der Waals surface area contributed by atoms with Crippen LogP contribution in [0.15, 0.2) is 24.3 Å². The minimum atomic E-state index is -2.74. The highest BCUT2D eigenvalue weighted by molar-refractivity contribution is 5.27. The van der Waals surface area contributed by atoms with Gasteiger partial charge in [-0.2, -0.15) is 8.78 Å². The average Bonchev–Trinajstić information content (AvgIpc) is 2.23. The molecular weight excluding hydrogens is 198 g/mol. The molecule has 0 amide bonds. The van der Waals surface area contributed by atoms with Crippen molar-refractivity contribution in [3.8, 4) is 5.75 Å². The Kier molecular flexibility index (Phi) is 11.9. The second-order valence-corrected chi connectivity index (χ2v) is 2.20. The van der Waals surface area contributed by atoms with Crippen LogP contribution in [-0.4, -0.2) is 6.61 Å². The van der Waals surface area contributed by atoms with Crippen molar-refractivity contribution >= 4 is 0 Å². The summed E-state index contributed by atoms with van der Waals surface area (Å²) < 4.78 is 27.4. The van der Waals surface area contributed by atoms with E-state index in [0.29, 0.717) is 0 Å². The lowest BCUT2D eigenvalue weighted by Gasteiger charge is -2.03. The van der Waals surface area contributed by atoms with Crippen LogP contribution >= 0.6 is 0 Å². The second kappa shape index (κ2) is 11.0. The predicted octanol–water partition coefficient (Wildman–Crippen LogP) is 4.65. The number of ether oxygens (including phenoxy) is 1. The molecule has 0 fully saturated rings. The van der Waals surface area contributed by atoms with E-state index in [1.54, 1.807) is 12.1 Å². The van der Waals surface area contributed by atoms with Gasteiger partial charge in [-0.3, -0.25) is 0 Å². The summed E-state index contributed by atoms with van der Waals surface area (Å²) in [5.74, 6) is 0.208. The fraction of sp³-hybridized carbons (Fsp3) is 0.500. The fourth-order valence-electron chi connectivity index (χ4n) is 0.792. The van der Waals surface area contributed by atoms with E-state index in [9.17, 15) is 8.78 Å². The Labute approximate surface area is 91.1 Å². The summed E-state index contributed by atoms with van der Waals surface area (Å²) in [5, 5.41) is 0. The van der Waals surface area contributed by atoms with Crippen molar-refractivity contribution in [1.29, 1.82) is 0 Å². The Morgan fingerprint density at radius 1 is 1.07 bits per heavy atom. The molecule has 1 nitrogen and oxygen atoms in total. The van der Waals surface area contributed by atoms with Crippen LogP contribution in [0.3, 0.4) is 0 Å². The highest BCUT2D eigenvalue weighted by Crippen LogP contribution is 2.14. The molecule has 15 heavy (non-hydrogen) atoms. The number of halogens is 2. The monoisotopic (exact) mass is 218 g/mol. The lowest BCUT2D eigenvalue weighted by molar-refractivity contribution is -0.0498. The van der Waals surface area contributed by atoms with E-state index in [0.717, 1.165) is 5.56 Å². The molecule has 1 aromatic carbocycles. The fourth-order valence-corrected chi connectivity index (χ4v) is 0.792. The van der Waals surface area contributed by atoms with Crippen LogP contribution in [0, 0.1) is 6.92 Å². The molecule has 0 N–H and O–H groups in total. The summed E-state index contributed by atoms with van der Waals surface area (Å²) in [7, 11) is 0. The van der Waals surface area contributed by atoms with Gasteiger partial charge in [0.25, 0.3) is 0 Å². The minimum Gasteiger partial charge on any atom is -0.435 e. The second-order valence-electron chi connectivity index (χ2n) is 2.20. The molecule has 0 spiro atoms. The SMILES string of the molecule is CC.CC.Cc1cccc(OC(F)F)c1. The van der Waals surface area contributed by atoms with Crippen molar-refractivity contribution in [2.24, 2.45) is 0 Å². The summed E-state index contributed by atoms with van der Waals surface area (Å²) in [6.45, 7) is 7.08. The molecule has 0 aromatic heterocycles. The van der Waals surface area contributed by atoms with Crippen molar-refractivity contribution in [3.05, 3.63) is 29.8 Å². The maximum absolute atomic E-state index is 11.6. The van der Waals surface area contributed by atoms with Gasteiger partial charge in [-0.15, -0.1) is 0 Å². The Hall–Kier alpha value is -1.12. The van der Waals surface area contributed by atoms with Gasteiger partial charge in [0.15, 0.2) is 0 Å². The van der Waals surface area contributed by atoms with Crippen LogP contribution in [-0.2, 0) is 0 Å². The van der Waals surface area contributed by atoms with Crippen LogP contribution in [0.4, 0.5) is 8.78 Å². The van der Waals surface area contributed by atoms with E-state index in [1.807, 2.05) is 40.7 Å². The van der Waals surface area contributed by atoms with Crippen molar-refractivity contribution in [1.82, 2.24) is 0 Å². The van der Waals surface area contributed by atoms with Gasteiger partial charge in [0.1, 0.15) is 5.75 Å². The molecule has 1 rings (SSSR count). The van der Waals surface area contributed by atoms with Gasteiger partial charge < -0.3 is 4.74 Å². The van der Waals surface area contributed by atoms with Gasteiger partial charge in [0, 0.05) is 0 Å². The van der Waals surface area contributed by atoms with E-state index < -0.39 is 6.61 Å². The van der Waals surface area contributed by atoms with E-state index in [4.69, 9.17) is 0 Å². The molecule has 0 aliphatic carbocycles. The molecule has 0 aliphatic rings. The van der Waals surface area contributed by atoms with Gasteiger partial charge in [-0.25, -0.2) is 0 Å². The zero-order chi connectivity index (χ0) is 12.3. The number of benzene rings is 1. The smallest absolute Gasteiger partial charge is 0.387 e. The quantitative estimate of drug-likeness (QED) is 0.702. The van der Waals surface area contributed by atoms with Gasteiger partial charge in [0.2, 0.25) is 0 Å². The third-order valence-electron chi connectivity index (χ3n) is 1.21.